The van der Waals surface area contributed by atoms with Crippen LogP contribution in [0.15, 0.2) is 28.8 Å². The summed E-state index contributed by atoms with van der Waals surface area (Å²) in [5, 5.41) is 22.8. The summed E-state index contributed by atoms with van der Waals surface area (Å²) in [6.07, 6.45) is -1.03. The zero-order valence-electron chi connectivity index (χ0n) is 18.7. The van der Waals surface area contributed by atoms with Crippen molar-refractivity contribution < 1.29 is 24.2 Å². The molecule has 0 amide bonds. The number of hydrogen-bond donors (Lipinski definition) is 2. The molecule has 0 aliphatic carbocycles. The largest absolute Gasteiger partial charge is 0.493 e. The number of hydrogen-bond acceptors (Lipinski definition) is 9. The Morgan fingerprint density at radius 1 is 1.16 bits per heavy atom. The van der Waals surface area contributed by atoms with E-state index >= 15 is 0 Å². The fourth-order valence-corrected chi connectivity index (χ4v) is 3.16. The van der Waals surface area contributed by atoms with E-state index in [1.54, 1.807) is 12.1 Å². The van der Waals surface area contributed by atoms with Crippen LogP contribution in [0, 0.1) is 6.92 Å². The Balaban J connectivity index is 1.92. The van der Waals surface area contributed by atoms with Crippen molar-refractivity contribution in [1.82, 2.24) is 15.1 Å². The molecule has 1 atom stereocenters. The van der Waals surface area contributed by atoms with Gasteiger partial charge in [-0.15, -0.1) is 0 Å². The minimum absolute atomic E-state index is 0.132. The van der Waals surface area contributed by atoms with Crippen LogP contribution in [0.1, 0.15) is 19.5 Å². The molecule has 3 rings (SSSR count). The smallest absolute Gasteiger partial charge is 0.258 e. The minimum Gasteiger partial charge on any atom is -0.493 e. The molecule has 0 spiro atoms. The first kappa shape index (κ1) is 23.8. The molecule has 2 N–H and O–H groups in total. The third-order valence-electron chi connectivity index (χ3n) is 4.87. The predicted molar refractivity (Wildman–Crippen MR) is 121 cm³/mol. The molecular formula is C22H27ClN4O5. The van der Waals surface area contributed by atoms with Gasteiger partial charge < -0.3 is 29.1 Å². The van der Waals surface area contributed by atoms with Gasteiger partial charge in [-0.25, -0.2) is 4.98 Å². The van der Waals surface area contributed by atoms with Gasteiger partial charge in [0.15, 0.2) is 11.5 Å². The molecule has 0 unspecified atom stereocenters. The highest BCUT2D eigenvalue weighted by Crippen LogP contribution is 2.39. The van der Waals surface area contributed by atoms with Crippen LogP contribution in [0.2, 0.25) is 5.02 Å². The van der Waals surface area contributed by atoms with Crippen LogP contribution in [0.3, 0.4) is 0 Å². The molecule has 2 heterocycles. The fourth-order valence-electron chi connectivity index (χ4n) is 2.90. The Morgan fingerprint density at radius 2 is 1.91 bits per heavy atom. The number of pyridine rings is 1. The summed E-state index contributed by atoms with van der Waals surface area (Å²) in [4.78, 5) is 11.2. The Hall–Kier alpha value is -2.88. The Kier molecular flexibility index (Phi) is 7.55. The van der Waals surface area contributed by atoms with Gasteiger partial charge in [-0.05, 0) is 45.0 Å². The van der Waals surface area contributed by atoms with E-state index in [1.165, 1.54) is 7.11 Å². The average molecular weight is 463 g/mol. The summed E-state index contributed by atoms with van der Waals surface area (Å²) in [5.41, 5.74) is 2.16. The van der Waals surface area contributed by atoms with Gasteiger partial charge in [0.1, 0.15) is 18.5 Å². The number of nitrogens with zero attached hydrogens (tertiary/aromatic N) is 4. The quantitative estimate of drug-likeness (QED) is 0.494. The molecule has 0 fully saturated rings. The van der Waals surface area contributed by atoms with Crippen molar-refractivity contribution in [3.05, 3.63) is 35.0 Å². The molecule has 0 aliphatic heterocycles. The lowest BCUT2D eigenvalue weighted by molar-refractivity contribution is 0.0528. The maximum Gasteiger partial charge on any atom is 0.258 e. The van der Waals surface area contributed by atoms with Crippen LogP contribution in [0.25, 0.3) is 22.8 Å². The number of methoxy groups -OCH3 is 1. The van der Waals surface area contributed by atoms with Crippen LogP contribution in [0.5, 0.6) is 11.5 Å². The number of ether oxygens (including phenoxy) is 2. The van der Waals surface area contributed by atoms with Crippen molar-refractivity contribution in [3.8, 4) is 34.3 Å². The average Bonchev–Trinajstić information content (AvgIpc) is 3.26. The van der Waals surface area contributed by atoms with Gasteiger partial charge in [-0.3, -0.25) is 0 Å². The molecule has 0 bridgehead atoms. The predicted octanol–water partition coefficient (Wildman–Crippen LogP) is 3.35. The zero-order chi connectivity index (χ0) is 23.4. The lowest BCUT2D eigenvalue weighted by atomic mass is 10.2. The fraction of sp³-hybridized carbons (Fsp3) is 0.409. The monoisotopic (exact) mass is 462 g/mol. The molecule has 10 heteroatoms. The molecule has 9 nitrogen and oxygen atoms in total. The van der Waals surface area contributed by atoms with E-state index in [-0.39, 0.29) is 23.4 Å². The molecule has 0 saturated heterocycles. The second-order valence-electron chi connectivity index (χ2n) is 7.62. The highest BCUT2D eigenvalue weighted by atomic mass is 35.5. The number of aromatic nitrogens is 3. The molecule has 32 heavy (non-hydrogen) atoms. The molecule has 172 valence electrons. The third-order valence-corrected chi connectivity index (χ3v) is 5.15. The van der Waals surface area contributed by atoms with Crippen molar-refractivity contribution in [1.29, 1.82) is 0 Å². The number of aliphatic hydroxyl groups excluding tert-OH is 2. The first-order valence-electron chi connectivity index (χ1n) is 10.1. The first-order valence-corrected chi connectivity index (χ1v) is 10.5. The van der Waals surface area contributed by atoms with E-state index in [0.29, 0.717) is 23.0 Å². The number of anilines is 1. The van der Waals surface area contributed by atoms with Crippen LogP contribution < -0.4 is 14.4 Å². The number of halogens is 1. The van der Waals surface area contributed by atoms with Gasteiger partial charge in [-0.1, -0.05) is 16.8 Å². The number of aryl methyl sites for hydroxylation is 1. The van der Waals surface area contributed by atoms with E-state index in [0.717, 1.165) is 17.1 Å². The Labute approximate surface area is 191 Å². The normalized spacial score (nSPS) is 12.2. The van der Waals surface area contributed by atoms with Gasteiger partial charge in [0.25, 0.3) is 5.89 Å². The van der Waals surface area contributed by atoms with Crippen molar-refractivity contribution in [2.45, 2.75) is 32.9 Å². The van der Waals surface area contributed by atoms with Gasteiger partial charge in [0, 0.05) is 29.9 Å². The van der Waals surface area contributed by atoms with Crippen LogP contribution in [-0.4, -0.2) is 64.9 Å². The van der Waals surface area contributed by atoms with E-state index in [9.17, 15) is 5.11 Å². The van der Waals surface area contributed by atoms with Crippen LogP contribution in [-0.2, 0) is 0 Å². The summed E-state index contributed by atoms with van der Waals surface area (Å²) in [6, 6.07) is 7.35. The highest BCUT2D eigenvalue weighted by molar-refractivity contribution is 6.32. The van der Waals surface area contributed by atoms with Crippen molar-refractivity contribution in [2.24, 2.45) is 0 Å². The molecule has 1 aromatic carbocycles. The van der Waals surface area contributed by atoms with E-state index in [2.05, 4.69) is 33.9 Å². The SMILES string of the molecule is COc1cc(-c2noc(-c3cc(C)nc(N(C)C(C)C)c3)n2)cc(Cl)c1OC[C@H](O)CO. The first-order chi connectivity index (χ1) is 15.2. The summed E-state index contributed by atoms with van der Waals surface area (Å²) >= 11 is 6.37. The van der Waals surface area contributed by atoms with Gasteiger partial charge in [0.2, 0.25) is 5.82 Å². The minimum atomic E-state index is -1.03. The van der Waals surface area contributed by atoms with Gasteiger partial charge in [0.05, 0.1) is 18.7 Å². The van der Waals surface area contributed by atoms with Crippen molar-refractivity contribution in [3.63, 3.8) is 0 Å². The van der Waals surface area contributed by atoms with Crippen molar-refractivity contribution >= 4 is 17.4 Å². The number of benzene rings is 1. The molecule has 0 radical (unpaired) electrons. The zero-order valence-corrected chi connectivity index (χ0v) is 19.4. The third kappa shape index (κ3) is 5.29. The lowest BCUT2D eigenvalue weighted by Gasteiger charge is -2.23. The lowest BCUT2D eigenvalue weighted by Crippen LogP contribution is -2.26. The standard InChI is InChI=1S/C22H27ClN4O5/c1-12(2)27(4)19-9-15(6-13(3)24-19)22-25-21(26-32-22)14-7-17(23)20(18(8-14)30-5)31-11-16(29)10-28/h6-9,12,16,28-29H,10-11H2,1-5H3/t16-/m1/s1. The van der Waals surface area contributed by atoms with Gasteiger partial charge >= 0.3 is 0 Å². The van der Waals surface area contributed by atoms with Gasteiger partial charge in [-0.2, -0.15) is 4.98 Å². The molecule has 0 aliphatic rings. The second kappa shape index (κ2) is 10.2. The van der Waals surface area contributed by atoms with Crippen LogP contribution >= 0.6 is 11.6 Å². The van der Waals surface area contributed by atoms with E-state index < -0.39 is 12.7 Å². The second-order valence-corrected chi connectivity index (χ2v) is 8.03. The topological polar surface area (TPSA) is 114 Å². The summed E-state index contributed by atoms with van der Waals surface area (Å²) in [7, 11) is 3.45. The molecule has 2 aromatic heterocycles. The maximum absolute atomic E-state index is 9.52. The Morgan fingerprint density at radius 3 is 2.56 bits per heavy atom. The summed E-state index contributed by atoms with van der Waals surface area (Å²) in [6.45, 7) is 5.53. The Bertz CT molecular complexity index is 1070. The van der Waals surface area contributed by atoms with Crippen molar-refractivity contribution in [2.75, 3.05) is 32.3 Å². The van der Waals surface area contributed by atoms with E-state index in [1.807, 2.05) is 26.1 Å². The highest BCUT2D eigenvalue weighted by Gasteiger charge is 2.19. The van der Waals surface area contributed by atoms with E-state index in [4.69, 9.17) is 30.7 Å². The summed E-state index contributed by atoms with van der Waals surface area (Å²) in [5.74, 6) is 2.08. The molecule has 3 aromatic rings. The van der Waals surface area contributed by atoms with Crippen LogP contribution in [0.4, 0.5) is 5.82 Å². The summed E-state index contributed by atoms with van der Waals surface area (Å²) < 4.78 is 16.4. The number of rotatable bonds is 9. The maximum atomic E-state index is 9.52. The molecule has 0 saturated carbocycles. The molecular weight excluding hydrogens is 436 g/mol. The number of aliphatic hydroxyl groups is 2.